The molecule has 0 aliphatic rings. The van der Waals surface area contributed by atoms with E-state index >= 15 is 0 Å². The highest BCUT2D eigenvalue weighted by Gasteiger charge is 2.18. The predicted octanol–water partition coefficient (Wildman–Crippen LogP) is 1.11. The summed E-state index contributed by atoms with van der Waals surface area (Å²) in [6.45, 7) is 1.60. The highest BCUT2D eigenvalue weighted by molar-refractivity contribution is 5.84. The highest BCUT2D eigenvalue weighted by atomic mass is 16.4. The summed E-state index contributed by atoms with van der Waals surface area (Å²) in [6, 6.07) is 9.05. The number of oxazole rings is 1. The normalized spacial score (nSPS) is 11.0. The van der Waals surface area contributed by atoms with Crippen LogP contribution in [0.3, 0.4) is 0 Å². The number of carboxylic acids is 1. The van der Waals surface area contributed by atoms with Gasteiger partial charge in [-0.2, -0.15) is 0 Å². The van der Waals surface area contributed by atoms with Crippen molar-refractivity contribution in [3.8, 4) is 0 Å². The van der Waals surface area contributed by atoms with Crippen molar-refractivity contribution >= 4 is 11.7 Å². The van der Waals surface area contributed by atoms with Crippen molar-refractivity contribution in [3.05, 3.63) is 74.3 Å². The summed E-state index contributed by atoms with van der Waals surface area (Å²) in [4.78, 5) is 35.7. The molecule has 3 aromatic rings. The van der Waals surface area contributed by atoms with Crippen LogP contribution in [0.25, 0.3) is 5.71 Å². The molecular formula is C15H12N2O5. The number of aromatic nitrogens is 2. The Morgan fingerprint density at radius 2 is 1.91 bits per heavy atom. The summed E-state index contributed by atoms with van der Waals surface area (Å²) >= 11 is 0. The van der Waals surface area contributed by atoms with Gasteiger partial charge in [0.05, 0.1) is 18.3 Å². The third-order valence-corrected chi connectivity index (χ3v) is 3.39. The van der Waals surface area contributed by atoms with E-state index in [9.17, 15) is 14.4 Å². The van der Waals surface area contributed by atoms with Crippen LogP contribution < -0.4 is 11.2 Å². The molecule has 0 amide bonds. The van der Waals surface area contributed by atoms with E-state index in [1.165, 1.54) is 6.92 Å². The molecule has 0 unspecified atom stereocenters. The molecule has 0 aliphatic carbocycles. The van der Waals surface area contributed by atoms with Crippen molar-refractivity contribution in [1.82, 2.24) is 8.97 Å². The minimum Gasteiger partial charge on any atom is -0.475 e. The van der Waals surface area contributed by atoms with E-state index < -0.39 is 23.0 Å². The van der Waals surface area contributed by atoms with Gasteiger partial charge in [0.25, 0.3) is 5.56 Å². The van der Waals surface area contributed by atoms with E-state index in [1.54, 1.807) is 12.1 Å². The summed E-state index contributed by atoms with van der Waals surface area (Å²) in [7, 11) is 0. The number of hydrogen-bond donors (Lipinski definition) is 1. The number of carbonyl (C=O) groups is 1. The van der Waals surface area contributed by atoms with E-state index in [0.717, 1.165) is 20.7 Å². The number of aromatic carboxylic acids is 1. The van der Waals surface area contributed by atoms with Crippen molar-refractivity contribution in [3.63, 3.8) is 0 Å². The number of hydrogen-bond acceptors (Lipinski definition) is 4. The molecule has 0 atom stereocenters. The summed E-state index contributed by atoms with van der Waals surface area (Å²) < 4.78 is 7.18. The molecular weight excluding hydrogens is 288 g/mol. The zero-order valence-electron chi connectivity index (χ0n) is 11.6. The number of benzene rings is 1. The molecule has 1 aromatic carbocycles. The monoisotopic (exact) mass is 300 g/mol. The van der Waals surface area contributed by atoms with Crippen LogP contribution in [0, 0.1) is 6.92 Å². The van der Waals surface area contributed by atoms with Crippen molar-refractivity contribution in [2.45, 2.75) is 13.5 Å². The number of carboxylic acid groups (broad SMARTS) is 1. The van der Waals surface area contributed by atoms with Crippen LogP contribution in [0.5, 0.6) is 0 Å². The molecule has 3 rings (SSSR count). The van der Waals surface area contributed by atoms with E-state index in [4.69, 9.17) is 9.52 Å². The van der Waals surface area contributed by atoms with Crippen LogP contribution in [0.15, 0.2) is 50.5 Å². The van der Waals surface area contributed by atoms with E-state index in [1.807, 2.05) is 18.2 Å². The van der Waals surface area contributed by atoms with Gasteiger partial charge in [-0.3, -0.25) is 9.36 Å². The zero-order valence-corrected chi connectivity index (χ0v) is 11.6. The van der Waals surface area contributed by atoms with Crippen LogP contribution in [0.2, 0.25) is 0 Å². The fraction of sp³-hybridized carbons (Fsp3) is 0.133. The van der Waals surface area contributed by atoms with Crippen LogP contribution in [-0.4, -0.2) is 20.0 Å². The summed E-state index contributed by atoms with van der Waals surface area (Å²) in [5.74, 6) is -1.69. The summed E-state index contributed by atoms with van der Waals surface area (Å²) in [5, 5.41) is 8.95. The first kappa shape index (κ1) is 13.9. The number of rotatable bonds is 3. The maximum atomic E-state index is 12.4. The Hall–Kier alpha value is -3.09. The van der Waals surface area contributed by atoms with Gasteiger partial charge in [-0.1, -0.05) is 30.3 Å². The second-order valence-corrected chi connectivity index (χ2v) is 4.86. The van der Waals surface area contributed by atoms with Gasteiger partial charge in [0.2, 0.25) is 11.5 Å². The molecule has 0 saturated heterocycles. The van der Waals surface area contributed by atoms with Gasteiger partial charge >= 0.3 is 11.7 Å². The fourth-order valence-electron chi connectivity index (χ4n) is 2.27. The predicted molar refractivity (Wildman–Crippen MR) is 77.4 cm³/mol. The van der Waals surface area contributed by atoms with Crippen molar-refractivity contribution in [2.75, 3.05) is 0 Å². The molecule has 7 heteroatoms. The number of nitrogens with zero attached hydrogens (tertiary/aromatic N) is 2. The third-order valence-electron chi connectivity index (χ3n) is 3.39. The third kappa shape index (κ3) is 2.12. The Kier molecular flexibility index (Phi) is 3.17. The molecule has 0 radical (unpaired) electrons. The zero-order chi connectivity index (χ0) is 15.9. The molecule has 0 saturated carbocycles. The molecule has 7 nitrogen and oxygen atoms in total. The smallest absolute Gasteiger partial charge is 0.373 e. The lowest BCUT2D eigenvalue weighted by Gasteiger charge is -2.06. The molecule has 1 N–H and O–H groups in total. The molecule has 112 valence electrons. The lowest BCUT2D eigenvalue weighted by molar-refractivity contribution is 0.0665. The van der Waals surface area contributed by atoms with Crippen LogP contribution in [0.4, 0.5) is 0 Å². The lowest BCUT2D eigenvalue weighted by atomic mass is 10.2. The van der Waals surface area contributed by atoms with Gasteiger partial charge in [0.15, 0.2) is 0 Å². The number of fused-ring (bicyclic) bond motifs is 1. The lowest BCUT2D eigenvalue weighted by Crippen LogP contribution is -2.38. The molecule has 2 aromatic heterocycles. The van der Waals surface area contributed by atoms with Gasteiger partial charge in [0.1, 0.15) is 0 Å². The topological polar surface area (TPSA) is 93.9 Å². The second-order valence-electron chi connectivity index (χ2n) is 4.86. The van der Waals surface area contributed by atoms with Gasteiger partial charge < -0.3 is 9.52 Å². The quantitative estimate of drug-likeness (QED) is 0.782. The average molecular weight is 300 g/mol. The maximum Gasteiger partial charge on any atom is 0.373 e. The maximum absolute atomic E-state index is 12.4. The SMILES string of the molecule is Cc1c(=O)n(Cc2ccccc2)c(=O)n2cc(C(=O)O)oc12. The fourth-order valence-corrected chi connectivity index (χ4v) is 2.27. The van der Waals surface area contributed by atoms with Crippen molar-refractivity contribution in [1.29, 1.82) is 0 Å². The van der Waals surface area contributed by atoms with Gasteiger partial charge in [-0.05, 0) is 12.5 Å². The second kappa shape index (κ2) is 5.03. The largest absolute Gasteiger partial charge is 0.475 e. The molecule has 0 bridgehead atoms. The molecule has 0 aliphatic heterocycles. The molecule has 0 spiro atoms. The minimum absolute atomic E-state index is 0.0447. The first-order valence-corrected chi connectivity index (χ1v) is 6.52. The van der Waals surface area contributed by atoms with E-state index in [-0.39, 0.29) is 17.8 Å². The van der Waals surface area contributed by atoms with Crippen LogP contribution >= 0.6 is 0 Å². The Morgan fingerprint density at radius 1 is 1.23 bits per heavy atom. The molecule has 0 fully saturated rings. The first-order chi connectivity index (χ1) is 10.5. The summed E-state index contributed by atoms with van der Waals surface area (Å²) in [5.41, 5.74) is -0.200. The standard InChI is InChI=1S/C15H12N2O5/c1-9-12(18)16(7-10-5-3-2-4-6-10)15(21)17-8-11(14(19)20)22-13(9)17/h2-6,8H,7H2,1H3,(H,19,20). The Balaban J connectivity index is 2.25. The van der Waals surface area contributed by atoms with Gasteiger partial charge in [-0.15, -0.1) is 0 Å². The van der Waals surface area contributed by atoms with Crippen LogP contribution in [0.1, 0.15) is 21.7 Å². The van der Waals surface area contributed by atoms with Crippen molar-refractivity contribution < 1.29 is 14.3 Å². The van der Waals surface area contributed by atoms with E-state index in [0.29, 0.717) is 0 Å². The van der Waals surface area contributed by atoms with Crippen molar-refractivity contribution in [2.24, 2.45) is 0 Å². The summed E-state index contributed by atoms with van der Waals surface area (Å²) in [6.07, 6.45) is 1.08. The minimum atomic E-state index is -1.30. The van der Waals surface area contributed by atoms with Gasteiger partial charge in [0, 0.05) is 0 Å². The number of aryl methyl sites for hydroxylation is 1. The highest BCUT2D eigenvalue weighted by Crippen LogP contribution is 2.10. The Labute approximate surface area is 123 Å². The molecule has 22 heavy (non-hydrogen) atoms. The average Bonchev–Trinajstić information content (AvgIpc) is 2.96. The van der Waals surface area contributed by atoms with Gasteiger partial charge in [-0.25, -0.2) is 14.0 Å². The molecule has 2 heterocycles. The van der Waals surface area contributed by atoms with E-state index in [2.05, 4.69) is 0 Å². The van der Waals surface area contributed by atoms with Crippen LogP contribution in [-0.2, 0) is 6.54 Å². The first-order valence-electron chi connectivity index (χ1n) is 6.52. The Bertz CT molecular complexity index is 979. The Morgan fingerprint density at radius 3 is 2.55 bits per heavy atom.